The van der Waals surface area contributed by atoms with Gasteiger partial charge in [-0.15, -0.1) is 0 Å². The average molecular weight is 353 g/mol. The highest BCUT2D eigenvalue weighted by Gasteiger charge is 2.16. The summed E-state index contributed by atoms with van der Waals surface area (Å²) < 4.78 is 27.3. The minimum absolute atomic E-state index is 0.00274. The van der Waals surface area contributed by atoms with Gasteiger partial charge in [0.15, 0.2) is 10.4 Å². The van der Waals surface area contributed by atoms with Crippen LogP contribution in [0.4, 0.5) is 14.6 Å². The van der Waals surface area contributed by atoms with E-state index in [1.807, 2.05) is 0 Å². The van der Waals surface area contributed by atoms with Gasteiger partial charge in [-0.05, 0) is 39.5 Å². The summed E-state index contributed by atoms with van der Waals surface area (Å²) in [6.45, 7) is 0. The zero-order chi connectivity index (χ0) is 15.1. The molecular weight excluding hydrogens is 346 g/mol. The van der Waals surface area contributed by atoms with E-state index >= 15 is 0 Å². The zero-order valence-electron chi connectivity index (χ0n) is 10.3. The number of anilines is 1. The molecule has 106 valence electrons. The van der Waals surface area contributed by atoms with E-state index in [4.69, 9.17) is 5.73 Å². The number of aromatic nitrogens is 3. The van der Waals surface area contributed by atoms with Crippen LogP contribution < -0.4 is 11.3 Å². The summed E-state index contributed by atoms with van der Waals surface area (Å²) in [5.74, 6) is -1.81. The summed E-state index contributed by atoms with van der Waals surface area (Å²) in [6.07, 6.45) is 1.45. The van der Waals surface area contributed by atoms with E-state index in [0.29, 0.717) is 5.39 Å². The van der Waals surface area contributed by atoms with Crippen molar-refractivity contribution in [1.82, 2.24) is 15.0 Å². The molecule has 0 spiro atoms. The number of rotatable bonds is 1. The van der Waals surface area contributed by atoms with Crippen molar-refractivity contribution in [1.29, 1.82) is 0 Å². The van der Waals surface area contributed by atoms with Gasteiger partial charge in [-0.25, -0.2) is 9.37 Å². The fraction of sp³-hybridized carbons (Fsp3) is 0. The van der Waals surface area contributed by atoms with Crippen LogP contribution in [0.5, 0.6) is 0 Å². The largest absolute Gasteiger partial charge is 0.382 e. The molecule has 0 aliphatic carbocycles. The van der Waals surface area contributed by atoms with E-state index in [2.05, 4.69) is 30.9 Å². The third-order valence-corrected chi connectivity index (χ3v) is 3.46. The Morgan fingerprint density at radius 2 is 2.00 bits per heavy atom. The summed E-state index contributed by atoms with van der Waals surface area (Å²) >= 11 is 2.88. The number of H-pyrrole nitrogens is 1. The Kier molecular flexibility index (Phi) is 3.17. The molecule has 0 saturated heterocycles. The highest BCUT2D eigenvalue weighted by molar-refractivity contribution is 9.10. The van der Waals surface area contributed by atoms with Crippen LogP contribution in [-0.2, 0) is 0 Å². The molecule has 3 N–H and O–H groups in total. The van der Waals surface area contributed by atoms with Gasteiger partial charge in [-0.3, -0.25) is 4.79 Å². The minimum Gasteiger partial charge on any atom is -0.382 e. The fourth-order valence-electron chi connectivity index (χ4n) is 2.00. The molecule has 0 saturated carbocycles. The van der Waals surface area contributed by atoms with Crippen LogP contribution in [0.25, 0.3) is 22.0 Å². The van der Waals surface area contributed by atoms with Crippen molar-refractivity contribution in [3.63, 3.8) is 0 Å². The van der Waals surface area contributed by atoms with Gasteiger partial charge >= 0.3 is 0 Å². The Morgan fingerprint density at radius 1 is 1.24 bits per heavy atom. The summed E-state index contributed by atoms with van der Waals surface area (Å²) in [6, 6.07) is 4.12. The van der Waals surface area contributed by atoms with Crippen molar-refractivity contribution in [3.05, 3.63) is 51.1 Å². The van der Waals surface area contributed by atoms with Crippen molar-refractivity contribution in [2.45, 2.75) is 0 Å². The number of hydrogen-bond acceptors (Lipinski definition) is 4. The number of nitrogens with one attached hydrogen (secondary N) is 1. The second-order valence-electron chi connectivity index (χ2n) is 4.27. The lowest BCUT2D eigenvalue weighted by molar-refractivity contribution is 0.570. The van der Waals surface area contributed by atoms with Crippen molar-refractivity contribution >= 4 is 32.5 Å². The molecule has 0 bridgehead atoms. The van der Waals surface area contributed by atoms with Crippen LogP contribution >= 0.6 is 15.9 Å². The van der Waals surface area contributed by atoms with Crippen molar-refractivity contribution in [2.75, 3.05) is 5.73 Å². The fourth-order valence-corrected chi connectivity index (χ4v) is 2.26. The highest BCUT2D eigenvalue weighted by Crippen LogP contribution is 2.29. The Hall–Kier alpha value is -2.35. The lowest BCUT2D eigenvalue weighted by Gasteiger charge is -2.08. The Bertz CT molecular complexity index is 926. The van der Waals surface area contributed by atoms with Crippen molar-refractivity contribution in [2.24, 2.45) is 0 Å². The first-order valence-corrected chi connectivity index (χ1v) is 6.56. The van der Waals surface area contributed by atoms with Gasteiger partial charge in [0, 0.05) is 17.1 Å². The molecular formula is C13H7BrF2N4O. The van der Waals surface area contributed by atoms with Gasteiger partial charge < -0.3 is 10.7 Å². The molecule has 0 fully saturated rings. The summed E-state index contributed by atoms with van der Waals surface area (Å²) in [4.78, 5) is 21.4. The number of nitrogen functional groups attached to an aromatic ring is 1. The molecule has 5 nitrogen and oxygen atoms in total. The molecule has 0 amide bonds. The molecule has 0 atom stereocenters. The molecule has 3 rings (SSSR count). The minimum atomic E-state index is -0.881. The van der Waals surface area contributed by atoms with E-state index < -0.39 is 17.3 Å². The zero-order valence-corrected chi connectivity index (χ0v) is 11.9. The predicted molar refractivity (Wildman–Crippen MR) is 77.6 cm³/mol. The molecule has 21 heavy (non-hydrogen) atoms. The van der Waals surface area contributed by atoms with Gasteiger partial charge in [0.05, 0.1) is 0 Å². The van der Waals surface area contributed by atoms with Crippen LogP contribution in [0.15, 0.2) is 33.8 Å². The molecule has 2 aromatic heterocycles. The number of nitrogens with zero attached hydrogens (tertiary/aromatic N) is 2. The number of halogens is 3. The Morgan fingerprint density at radius 3 is 2.76 bits per heavy atom. The second-order valence-corrected chi connectivity index (χ2v) is 5.02. The van der Waals surface area contributed by atoms with E-state index in [1.165, 1.54) is 12.3 Å². The van der Waals surface area contributed by atoms with Gasteiger partial charge in [-0.2, -0.15) is 9.37 Å². The van der Waals surface area contributed by atoms with Crippen molar-refractivity contribution < 1.29 is 8.78 Å². The summed E-state index contributed by atoms with van der Waals surface area (Å²) in [5.41, 5.74) is 5.23. The topological polar surface area (TPSA) is 84.7 Å². The third-order valence-electron chi connectivity index (χ3n) is 2.96. The Labute approximate surface area is 125 Å². The Balaban J connectivity index is 2.33. The maximum absolute atomic E-state index is 14.2. The third kappa shape index (κ3) is 2.27. The van der Waals surface area contributed by atoms with E-state index in [1.54, 1.807) is 6.07 Å². The quantitative estimate of drug-likeness (QED) is 0.704. The highest BCUT2D eigenvalue weighted by atomic mass is 79.9. The number of fused-ring (bicyclic) bond motifs is 1. The number of hydrogen-bond donors (Lipinski definition) is 2. The molecule has 0 radical (unpaired) electrons. The number of aromatic amines is 1. The molecule has 1 aromatic carbocycles. The monoisotopic (exact) mass is 352 g/mol. The second kappa shape index (κ2) is 4.88. The SMILES string of the molecule is Nc1nc(F)c(Br)nc1-c1cc2cc[nH]c(=O)c2cc1F. The maximum atomic E-state index is 14.2. The van der Waals surface area contributed by atoms with Gasteiger partial charge in [0.25, 0.3) is 5.56 Å². The predicted octanol–water partition coefficient (Wildman–Crippen LogP) is 2.61. The van der Waals surface area contributed by atoms with Gasteiger partial charge in [0.2, 0.25) is 5.95 Å². The number of benzene rings is 1. The first kappa shape index (κ1) is 13.6. The lowest BCUT2D eigenvalue weighted by Crippen LogP contribution is -2.06. The normalized spacial score (nSPS) is 11.0. The van der Waals surface area contributed by atoms with Crippen molar-refractivity contribution in [3.8, 4) is 11.3 Å². The van der Waals surface area contributed by atoms with Crippen LogP contribution in [0.1, 0.15) is 0 Å². The maximum Gasteiger partial charge on any atom is 0.255 e. The number of nitrogens with two attached hydrogens (primary N) is 1. The lowest BCUT2D eigenvalue weighted by atomic mass is 10.1. The van der Waals surface area contributed by atoms with E-state index in [0.717, 1.165) is 6.07 Å². The molecule has 2 heterocycles. The smallest absolute Gasteiger partial charge is 0.255 e. The molecule has 0 unspecified atom stereocenters. The van der Waals surface area contributed by atoms with Crippen LogP contribution in [0.2, 0.25) is 0 Å². The van der Waals surface area contributed by atoms with Crippen LogP contribution in [-0.4, -0.2) is 15.0 Å². The standard InChI is InChI=1S/C13H7BrF2N4O/c14-10-11(16)20-12(17)9(19-10)7-3-5-1-2-18-13(21)6(5)4-8(7)15/h1-4H,(H2,17,20)(H,18,21). The van der Waals surface area contributed by atoms with Crippen LogP contribution in [0, 0.1) is 11.8 Å². The van der Waals surface area contributed by atoms with Gasteiger partial charge in [0.1, 0.15) is 11.5 Å². The summed E-state index contributed by atoms with van der Waals surface area (Å²) in [5, 5.41) is 0.711. The first-order chi connectivity index (χ1) is 9.97. The van der Waals surface area contributed by atoms with E-state index in [-0.39, 0.29) is 27.1 Å². The van der Waals surface area contributed by atoms with E-state index in [9.17, 15) is 13.6 Å². The van der Waals surface area contributed by atoms with Gasteiger partial charge in [-0.1, -0.05) is 0 Å². The van der Waals surface area contributed by atoms with Crippen LogP contribution in [0.3, 0.4) is 0 Å². The number of pyridine rings is 1. The molecule has 0 aliphatic rings. The average Bonchev–Trinajstić information content (AvgIpc) is 2.44. The molecule has 3 aromatic rings. The molecule has 8 heteroatoms. The summed E-state index contributed by atoms with van der Waals surface area (Å²) in [7, 11) is 0. The first-order valence-electron chi connectivity index (χ1n) is 5.77. The molecule has 0 aliphatic heterocycles.